The van der Waals surface area contributed by atoms with Gasteiger partial charge >= 0.3 is 0 Å². The third-order valence-electron chi connectivity index (χ3n) is 5.08. The zero-order valence-electron chi connectivity index (χ0n) is 17.1. The molecule has 1 aliphatic carbocycles. The molecule has 0 saturated heterocycles. The monoisotopic (exact) mass is 484 g/mol. The van der Waals surface area contributed by atoms with Gasteiger partial charge < -0.3 is 10.1 Å². The van der Waals surface area contributed by atoms with Gasteiger partial charge in [-0.1, -0.05) is 42.5 Å². The SMILES string of the molecule is O=C(CCCOc1ccc(Cl)cc1Cl)Nc1ccc(S(=O)(=O)NC2CCCCC2)cc1. The molecule has 0 aromatic heterocycles. The minimum absolute atomic E-state index is 0.00287. The molecule has 1 fully saturated rings. The Morgan fingerprint density at radius 2 is 1.74 bits per heavy atom. The van der Waals surface area contributed by atoms with Gasteiger partial charge in [0.15, 0.2) is 0 Å². The summed E-state index contributed by atoms with van der Waals surface area (Å²) in [5, 5.41) is 3.72. The van der Waals surface area contributed by atoms with Gasteiger partial charge in [-0.3, -0.25) is 4.79 Å². The number of carbonyl (C=O) groups excluding carboxylic acids is 1. The van der Waals surface area contributed by atoms with Gasteiger partial charge in [0.1, 0.15) is 5.75 Å². The van der Waals surface area contributed by atoms with E-state index in [2.05, 4.69) is 10.0 Å². The van der Waals surface area contributed by atoms with Crippen molar-refractivity contribution in [2.75, 3.05) is 11.9 Å². The van der Waals surface area contributed by atoms with E-state index in [1.807, 2.05) is 0 Å². The summed E-state index contributed by atoms with van der Waals surface area (Å²) >= 11 is 11.9. The van der Waals surface area contributed by atoms with Crippen molar-refractivity contribution in [3.63, 3.8) is 0 Å². The van der Waals surface area contributed by atoms with Gasteiger partial charge in [-0.2, -0.15) is 0 Å². The Labute approximate surface area is 193 Å². The number of benzene rings is 2. The number of sulfonamides is 1. The summed E-state index contributed by atoms with van der Waals surface area (Å²) in [6.45, 7) is 0.332. The summed E-state index contributed by atoms with van der Waals surface area (Å²) in [6.07, 6.45) is 5.78. The van der Waals surface area contributed by atoms with E-state index in [9.17, 15) is 13.2 Å². The van der Waals surface area contributed by atoms with Crippen molar-refractivity contribution in [1.29, 1.82) is 0 Å². The molecule has 2 aromatic carbocycles. The van der Waals surface area contributed by atoms with Gasteiger partial charge in [0, 0.05) is 23.2 Å². The smallest absolute Gasteiger partial charge is 0.240 e. The number of ether oxygens (including phenoxy) is 1. The van der Waals surface area contributed by atoms with Crippen LogP contribution in [0.3, 0.4) is 0 Å². The first-order valence-corrected chi connectivity index (χ1v) is 12.6. The molecule has 0 atom stereocenters. The van der Waals surface area contributed by atoms with Crippen molar-refractivity contribution < 1.29 is 17.9 Å². The van der Waals surface area contributed by atoms with Crippen molar-refractivity contribution in [2.45, 2.75) is 55.9 Å². The van der Waals surface area contributed by atoms with Crippen LogP contribution in [0, 0.1) is 0 Å². The molecule has 0 radical (unpaired) electrons. The lowest BCUT2D eigenvalue weighted by Gasteiger charge is -2.22. The molecule has 1 aliphatic rings. The van der Waals surface area contributed by atoms with Gasteiger partial charge in [0.05, 0.1) is 16.5 Å². The summed E-state index contributed by atoms with van der Waals surface area (Å²) in [5.41, 5.74) is 0.545. The van der Waals surface area contributed by atoms with Crippen LogP contribution in [0.2, 0.25) is 10.0 Å². The maximum Gasteiger partial charge on any atom is 0.240 e. The van der Waals surface area contributed by atoms with E-state index in [0.717, 1.165) is 32.1 Å². The zero-order chi connectivity index (χ0) is 22.3. The number of hydrogen-bond acceptors (Lipinski definition) is 4. The molecule has 0 bridgehead atoms. The molecule has 9 heteroatoms. The topological polar surface area (TPSA) is 84.5 Å². The van der Waals surface area contributed by atoms with Crippen LogP contribution < -0.4 is 14.8 Å². The molecule has 1 amide bonds. The number of carbonyl (C=O) groups is 1. The second kappa shape index (κ2) is 11.2. The van der Waals surface area contributed by atoms with Crippen molar-refractivity contribution in [1.82, 2.24) is 4.72 Å². The lowest BCUT2D eigenvalue weighted by atomic mass is 9.96. The molecule has 3 rings (SSSR count). The van der Waals surface area contributed by atoms with Gasteiger partial charge in [0.2, 0.25) is 15.9 Å². The number of amides is 1. The van der Waals surface area contributed by atoms with E-state index in [-0.39, 0.29) is 23.3 Å². The molecular weight excluding hydrogens is 459 g/mol. The van der Waals surface area contributed by atoms with Crippen LogP contribution in [-0.2, 0) is 14.8 Å². The molecule has 2 aromatic rings. The Bertz CT molecular complexity index is 991. The maximum atomic E-state index is 12.5. The van der Waals surface area contributed by atoms with Gasteiger partial charge in [-0.25, -0.2) is 13.1 Å². The van der Waals surface area contributed by atoms with E-state index >= 15 is 0 Å². The van der Waals surface area contributed by atoms with Gasteiger partial charge in [-0.05, 0) is 61.7 Å². The van der Waals surface area contributed by atoms with Crippen LogP contribution in [0.4, 0.5) is 5.69 Å². The maximum absolute atomic E-state index is 12.5. The summed E-state index contributed by atoms with van der Waals surface area (Å²) in [4.78, 5) is 12.3. The zero-order valence-corrected chi connectivity index (χ0v) is 19.4. The quantitative estimate of drug-likeness (QED) is 0.466. The second-order valence-corrected chi connectivity index (χ2v) is 10.1. The van der Waals surface area contributed by atoms with Crippen LogP contribution in [0.15, 0.2) is 47.4 Å². The molecule has 0 heterocycles. The van der Waals surface area contributed by atoms with Crippen molar-refractivity contribution in [3.05, 3.63) is 52.5 Å². The molecule has 168 valence electrons. The molecule has 0 spiro atoms. The van der Waals surface area contributed by atoms with Crippen LogP contribution >= 0.6 is 23.2 Å². The van der Waals surface area contributed by atoms with Gasteiger partial charge in [-0.15, -0.1) is 0 Å². The van der Waals surface area contributed by atoms with Crippen molar-refractivity contribution in [2.24, 2.45) is 0 Å². The summed E-state index contributed by atoms with van der Waals surface area (Å²) in [5.74, 6) is 0.340. The minimum Gasteiger partial charge on any atom is -0.492 e. The molecular formula is C22H26Cl2N2O4S. The average Bonchev–Trinajstić information content (AvgIpc) is 2.73. The van der Waals surface area contributed by atoms with Crippen LogP contribution in [0.1, 0.15) is 44.9 Å². The van der Waals surface area contributed by atoms with Crippen LogP contribution in [-0.4, -0.2) is 27.0 Å². The molecule has 1 saturated carbocycles. The predicted octanol–water partition coefficient (Wildman–Crippen LogP) is 5.40. The molecule has 0 aliphatic heterocycles. The Hall–Kier alpha value is -1.80. The summed E-state index contributed by atoms with van der Waals surface area (Å²) in [6, 6.07) is 11.2. The fraction of sp³-hybridized carbons (Fsp3) is 0.409. The first-order valence-electron chi connectivity index (χ1n) is 10.3. The predicted molar refractivity (Wildman–Crippen MR) is 123 cm³/mol. The summed E-state index contributed by atoms with van der Waals surface area (Å²) in [7, 11) is -3.55. The molecule has 6 nitrogen and oxygen atoms in total. The number of halogens is 2. The fourth-order valence-electron chi connectivity index (χ4n) is 3.46. The Balaban J connectivity index is 1.44. The lowest BCUT2D eigenvalue weighted by Crippen LogP contribution is -2.36. The molecule has 31 heavy (non-hydrogen) atoms. The van der Waals surface area contributed by atoms with Crippen molar-refractivity contribution in [3.8, 4) is 5.75 Å². The molecule has 2 N–H and O–H groups in total. The summed E-state index contributed by atoms with van der Waals surface area (Å²) < 4.78 is 33.4. The van der Waals surface area contributed by atoms with Crippen molar-refractivity contribution >= 4 is 44.8 Å². The number of anilines is 1. The Morgan fingerprint density at radius 1 is 1.03 bits per heavy atom. The number of rotatable bonds is 9. The third-order valence-corrected chi connectivity index (χ3v) is 7.14. The van der Waals surface area contributed by atoms with E-state index in [0.29, 0.717) is 34.5 Å². The largest absolute Gasteiger partial charge is 0.492 e. The highest BCUT2D eigenvalue weighted by atomic mass is 35.5. The fourth-order valence-corrected chi connectivity index (χ4v) is 5.22. The normalized spacial score (nSPS) is 14.9. The minimum atomic E-state index is -3.55. The highest BCUT2D eigenvalue weighted by molar-refractivity contribution is 7.89. The highest BCUT2D eigenvalue weighted by Gasteiger charge is 2.21. The van der Waals surface area contributed by atoms with E-state index in [4.69, 9.17) is 27.9 Å². The second-order valence-electron chi connectivity index (χ2n) is 7.56. The van der Waals surface area contributed by atoms with Gasteiger partial charge in [0.25, 0.3) is 0 Å². The third kappa shape index (κ3) is 7.38. The van der Waals surface area contributed by atoms with Crippen LogP contribution in [0.25, 0.3) is 0 Å². The molecule has 0 unspecified atom stereocenters. The Kier molecular flexibility index (Phi) is 8.60. The average molecular weight is 485 g/mol. The number of hydrogen-bond donors (Lipinski definition) is 2. The highest BCUT2D eigenvalue weighted by Crippen LogP contribution is 2.27. The van der Waals surface area contributed by atoms with E-state index in [1.165, 1.54) is 12.1 Å². The first kappa shape index (κ1) is 23.9. The lowest BCUT2D eigenvalue weighted by molar-refractivity contribution is -0.116. The van der Waals surface area contributed by atoms with E-state index in [1.54, 1.807) is 30.3 Å². The number of nitrogens with one attached hydrogen (secondary N) is 2. The Morgan fingerprint density at radius 3 is 2.42 bits per heavy atom. The van der Waals surface area contributed by atoms with Crippen LogP contribution in [0.5, 0.6) is 5.75 Å². The standard InChI is InChI=1S/C22H26Cl2N2O4S/c23-16-8-13-21(20(24)15-16)30-14-4-7-22(27)25-17-9-11-19(12-10-17)31(28,29)26-18-5-2-1-3-6-18/h8-13,15,18,26H,1-7,14H2,(H,25,27). The first-order chi connectivity index (χ1) is 14.8. The van der Waals surface area contributed by atoms with E-state index < -0.39 is 10.0 Å².